The molecule has 0 unspecified atom stereocenters. The molecule has 1 amide bonds. The van der Waals surface area contributed by atoms with Gasteiger partial charge < -0.3 is 9.47 Å². The number of rotatable bonds is 8. The van der Waals surface area contributed by atoms with Crippen LogP contribution >= 0.6 is 15.9 Å². The SMILES string of the molecule is CCOc1cc(/C=N\NC(=O)c2ccc3ccccc3c2)c(Br)cc1OCc1ccc(F)cc1. The maximum atomic E-state index is 13.1. The lowest BCUT2D eigenvalue weighted by Crippen LogP contribution is -2.17. The number of nitrogens with one attached hydrogen (secondary N) is 1. The van der Waals surface area contributed by atoms with Gasteiger partial charge in [0.15, 0.2) is 11.5 Å². The van der Waals surface area contributed by atoms with Gasteiger partial charge in [-0.15, -0.1) is 0 Å². The van der Waals surface area contributed by atoms with E-state index in [0.29, 0.717) is 33.7 Å². The molecule has 0 aliphatic heterocycles. The van der Waals surface area contributed by atoms with E-state index in [-0.39, 0.29) is 18.3 Å². The van der Waals surface area contributed by atoms with E-state index >= 15 is 0 Å². The highest BCUT2D eigenvalue weighted by atomic mass is 79.9. The number of carbonyl (C=O) groups is 1. The average molecular weight is 521 g/mol. The second-order valence-electron chi connectivity index (χ2n) is 7.43. The van der Waals surface area contributed by atoms with Crippen molar-refractivity contribution in [2.24, 2.45) is 5.10 Å². The molecule has 0 spiro atoms. The Morgan fingerprint density at radius 1 is 0.971 bits per heavy atom. The maximum Gasteiger partial charge on any atom is 0.271 e. The number of hydrogen-bond acceptors (Lipinski definition) is 4. The van der Waals surface area contributed by atoms with Crippen LogP contribution in [0.2, 0.25) is 0 Å². The van der Waals surface area contributed by atoms with Gasteiger partial charge >= 0.3 is 0 Å². The highest BCUT2D eigenvalue weighted by Crippen LogP contribution is 2.34. The van der Waals surface area contributed by atoms with Crippen molar-refractivity contribution in [3.8, 4) is 11.5 Å². The van der Waals surface area contributed by atoms with E-state index in [1.807, 2.05) is 43.3 Å². The number of nitrogens with zero attached hydrogens (tertiary/aromatic N) is 1. The monoisotopic (exact) mass is 520 g/mol. The van der Waals surface area contributed by atoms with Gasteiger partial charge in [-0.1, -0.05) is 42.5 Å². The van der Waals surface area contributed by atoms with Gasteiger partial charge in [-0.2, -0.15) is 5.10 Å². The number of benzene rings is 4. The molecule has 0 saturated carbocycles. The summed E-state index contributed by atoms with van der Waals surface area (Å²) >= 11 is 3.52. The zero-order chi connectivity index (χ0) is 23.9. The van der Waals surface area contributed by atoms with E-state index in [1.54, 1.807) is 30.3 Å². The summed E-state index contributed by atoms with van der Waals surface area (Å²) in [6.07, 6.45) is 1.54. The molecule has 7 heteroatoms. The summed E-state index contributed by atoms with van der Waals surface area (Å²) < 4.78 is 25.5. The molecule has 5 nitrogen and oxygen atoms in total. The van der Waals surface area contributed by atoms with Crippen molar-refractivity contribution in [3.05, 3.63) is 106 Å². The summed E-state index contributed by atoms with van der Waals surface area (Å²) in [6, 6.07) is 23.0. The minimum absolute atomic E-state index is 0.266. The Kier molecular flexibility index (Phi) is 7.54. The molecule has 0 aliphatic carbocycles. The van der Waals surface area contributed by atoms with Crippen molar-refractivity contribution in [3.63, 3.8) is 0 Å². The molecule has 0 aliphatic rings. The first kappa shape index (κ1) is 23.4. The van der Waals surface area contributed by atoms with E-state index in [2.05, 4.69) is 26.5 Å². The van der Waals surface area contributed by atoms with Crippen molar-refractivity contribution < 1.29 is 18.7 Å². The number of hydrogen-bond donors (Lipinski definition) is 1. The summed E-state index contributed by atoms with van der Waals surface area (Å²) in [5.41, 5.74) is 4.63. The lowest BCUT2D eigenvalue weighted by atomic mass is 10.1. The molecule has 4 rings (SSSR count). The average Bonchev–Trinajstić information content (AvgIpc) is 2.85. The molecular formula is C27H22BrFN2O3. The predicted octanol–water partition coefficient (Wildman–Crippen LogP) is 6.48. The first-order chi connectivity index (χ1) is 16.5. The van der Waals surface area contributed by atoms with Gasteiger partial charge in [0.05, 0.1) is 12.8 Å². The topological polar surface area (TPSA) is 59.9 Å². The summed E-state index contributed by atoms with van der Waals surface area (Å²) in [7, 11) is 0. The van der Waals surface area contributed by atoms with Crippen LogP contribution in [0.25, 0.3) is 10.8 Å². The highest BCUT2D eigenvalue weighted by Gasteiger charge is 2.11. The van der Waals surface area contributed by atoms with E-state index < -0.39 is 0 Å². The Balaban J connectivity index is 1.46. The Hall–Kier alpha value is -3.71. The van der Waals surface area contributed by atoms with Gasteiger partial charge in [0, 0.05) is 15.6 Å². The maximum absolute atomic E-state index is 13.1. The second kappa shape index (κ2) is 10.9. The Morgan fingerprint density at radius 3 is 2.47 bits per heavy atom. The second-order valence-corrected chi connectivity index (χ2v) is 8.28. The molecule has 0 aromatic heterocycles. The van der Waals surface area contributed by atoms with E-state index in [9.17, 15) is 9.18 Å². The standard InChI is InChI=1S/C27H22BrFN2O3/c1-2-33-25-14-22(24(28)15-26(25)34-17-18-7-11-23(29)12-8-18)16-30-31-27(32)21-10-9-19-5-3-4-6-20(19)13-21/h3-16H,2,17H2,1H3,(H,31,32)/b30-16-. The van der Waals surface area contributed by atoms with Gasteiger partial charge in [-0.3, -0.25) is 4.79 Å². The van der Waals surface area contributed by atoms with E-state index in [0.717, 1.165) is 16.3 Å². The van der Waals surface area contributed by atoms with Crippen LogP contribution in [0.1, 0.15) is 28.4 Å². The summed E-state index contributed by atoms with van der Waals surface area (Å²) in [5, 5.41) is 6.16. The Morgan fingerprint density at radius 2 is 1.71 bits per heavy atom. The van der Waals surface area contributed by atoms with Gasteiger partial charge in [0.1, 0.15) is 12.4 Å². The molecule has 4 aromatic carbocycles. The smallest absolute Gasteiger partial charge is 0.271 e. The number of halogens is 2. The minimum Gasteiger partial charge on any atom is -0.490 e. The van der Waals surface area contributed by atoms with Gasteiger partial charge in [0.25, 0.3) is 5.91 Å². The molecule has 0 radical (unpaired) electrons. The van der Waals surface area contributed by atoms with Crippen molar-refractivity contribution in [1.82, 2.24) is 5.43 Å². The Bertz CT molecular complexity index is 1340. The van der Waals surface area contributed by atoms with E-state index in [1.165, 1.54) is 18.3 Å². The third-order valence-electron chi connectivity index (χ3n) is 5.05. The normalized spacial score (nSPS) is 11.0. The van der Waals surface area contributed by atoms with Gasteiger partial charge in [-0.25, -0.2) is 9.82 Å². The van der Waals surface area contributed by atoms with Crippen LogP contribution in [-0.4, -0.2) is 18.7 Å². The molecule has 0 atom stereocenters. The first-order valence-electron chi connectivity index (χ1n) is 10.7. The number of fused-ring (bicyclic) bond motifs is 1. The molecule has 0 bridgehead atoms. The largest absolute Gasteiger partial charge is 0.490 e. The van der Waals surface area contributed by atoms with Crippen LogP contribution in [0.4, 0.5) is 4.39 Å². The molecule has 0 saturated heterocycles. The lowest BCUT2D eigenvalue weighted by Gasteiger charge is -2.14. The number of carbonyl (C=O) groups excluding carboxylic acids is 1. The highest BCUT2D eigenvalue weighted by molar-refractivity contribution is 9.10. The van der Waals surface area contributed by atoms with Crippen molar-refractivity contribution in [2.75, 3.05) is 6.61 Å². The van der Waals surface area contributed by atoms with Crippen LogP contribution in [0.15, 0.2) is 88.4 Å². The molecule has 1 N–H and O–H groups in total. The molecule has 34 heavy (non-hydrogen) atoms. The van der Waals surface area contributed by atoms with Gasteiger partial charge in [0.2, 0.25) is 0 Å². The molecule has 0 heterocycles. The summed E-state index contributed by atoms with van der Waals surface area (Å²) in [6.45, 7) is 2.59. The number of ether oxygens (including phenoxy) is 2. The fourth-order valence-corrected chi connectivity index (χ4v) is 3.75. The number of hydrazone groups is 1. The van der Waals surface area contributed by atoms with Crippen molar-refractivity contribution in [1.29, 1.82) is 0 Å². The fraction of sp³-hybridized carbons (Fsp3) is 0.111. The summed E-state index contributed by atoms with van der Waals surface area (Å²) in [5.74, 6) is 0.478. The summed E-state index contributed by atoms with van der Waals surface area (Å²) in [4.78, 5) is 12.5. The van der Waals surface area contributed by atoms with Crippen LogP contribution in [0.3, 0.4) is 0 Å². The number of amides is 1. The molecular weight excluding hydrogens is 499 g/mol. The zero-order valence-electron chi connectivity index (χ0n) is 18.4. The molecule has 172 valence electrons. The van der Waals surface area contributed by atoms with Crippen molar-refractivity contribution in [2.45, 2.75) is 13.5 Å². The first-order valence-corrected chi connectivity index (χ1v) is 11.5. The molecule has 0 fully saturated rings. The van der Waals surface area contributed by atoms with E-state index in [4.69, 9.17) is 9.47 Å². The van der Waals surface area contributed by atoms with Gasteiger partial charge in [-0.05, 0) is 75.6 Å². The zero-order valence-corrected chi connectivity index (χ0v) is 20.0. The third-order valence-corrected chi connectivity index (χ3v) is 5.74. The minimum atomic E-state index is -0.303. The van der Waals surface area contributed by atoms with Crippen molar-refractivity contribution >= 4 is 38.8 Å². The van der Waals surface area contributed by atoms with Crippen LogP contribution in [0.5, 0.6) is 11.5 Å². The van der Waals surface area contributed by atoms with Crippen LogP contribution in [-0.2, 0) is 6.61 Å². The predicted molar refractivity (Wildman–Crippen MR) is 135 cm³/mol. The fourth-order valence-electron chi connectivity index (χ4n) is 3.33. The molecule has 4 aromatic rings. The Labute approximate surface area is 205 Å². The van der Waals surface area contributed by atoms with Crippen LogP contribution in [0, 0.1) is 5.82 Å². The third kappa shape index (κ3) is 5.80. The lowest BCUT2D eigenvalue weighted by molar-refractivity contribution is 0.0955. The quantitative estimate of drug-likeness (QED) is 0.213. The van der Waals surface area contributed by atoms with Crippen LogP contribution < -0.4 is 14.9 Å².